The third kappa shape index (κ3) is 1.95. The smallest absolute Gasteiger partial charge is 0.337 e. The molecule has 0 amide bonds. The zero-order valence-electron chi connectivity index (χ0n) is 8.66. The lowest BCUT2D eigenvalue weighted by atomic mass is 10.1. The van der Waals surface area contributed by atoms with E-state index in [4.69, 9.17) is 0 Å². The van der Waals surface area contributed by atoms with Crippen LogP contribution in [0.1, 0.15) is 10.4 Å². The van der Waals surface area contributed by atoms with Gasteiger partial charge in [-0.05, 0) is 30.3 Å². The summed E-state index contributed by atoms with van der Waals surface area (Å²) in [5, 5.41) is 0. The summed E-state index contributed by atoms with van der Waals surface area (Å²) < 4.78 is 17.8. The highest BCUT2D eigenvalue weighted by Gasteiger charge is 2.10. The first-order valence-corrected chi connectivity index (χ1v) is 4.73. The van der Waals surface area contributed by atoms with Gasteiger partial charge in [-0.2, -0.15) is 0 Å². The average molecular weight is 219 g/mol. The molecule has 0 atom stereocenters. The number of benzene rings is 1. The summed E-state index contributed by atoms with van der Waals surface area (Å²) in [4.78, 5) is 14.2. The molecule has 0 saturated carbocycles. The minimum Gasteiger partial charge on any atom is -0.465 e. The highest BCUT2D eigenvalue weighted by molar-refractivity contribution is 5.90. The lowest BCUT2D eigenvalue weighted by molar-refractivity contribution is 0.0600. The molecule has 0 radical (unpaired) electrons. The number of ether oxygens (including phenoxy) is 1. The van der Waals surface area contributed by atoms with Gasteiger partial charge in [-0.1, -0.05) is 0 Å². The summed E-state index contributed by atoms with van der Waals surface area (Å²) in [6.45, 7) is 0. The summed E-state index contributed by atoms with van der Waals surface area (Å²) in [5.41, 5.74) is 1.57. The van der Waals surface area contributed by atoms with E-state index < -0.39 is 11.8 Å². The summed E-state index contributed by atoms with van der Waals surface area (Å²) in [5.74, 6) is -1.01. The van der Waals surface area contributed by atoms with E-state index in [1.165, 1.54) is 13.2 Å². The van der Waals surface area contributed by atoms with Gasteiger partial charge in [-0.25, -0.2) is 9.18 Å². The fraction of sp³-hybridized carbons (Fsp3) is 0.0833. The number of carbonyl (C=O) groups is 1. The van der Waals surface area contributed by atoms with E-state index >= 15 is 0 Å². The molecule has 4 heteroatoms. The first kappa shape index (κ1) is 10.4. The lowest BCUT2D eigenvalue weighted by Crippen LogP contribution is -2.02. The first-order valence-electron chi connectivity index (χ1n) is 4.73. The Bertz CT molecular complexity index is 506. The number of hydrogen-bond acceptors (Lipinski definition) is 2. The van der Waals surface area contributed by atoms with Crippen molar-refractivity contribution in [3.05, 3.63) is 47.9 Å². The monoisotopic (exact) mass is 219 g/mol. The van der Waals surface area contributed by atoms with Gasteiger partial charge in [0.1, 0.15) is 5.82 Å². The Morgan fingerprint density at radius 2 is 2.19 bits per heavy atom. The number of methoxy groups -OCH3 is 1. The number of aromatic nitrogens is 1. The van der Waals surface area contributed by atoms with E-state index in [-0.39, 0.29) is 5.56 Å². The molecule has 82 valence electrons. The summed E-state index contributed by atoms with van der Waals surface area (Å²) in [7, 11) is 1.27. The predicted octanol–water partition coefficient (Wildman–Crippen LogP) is 2.61. The molecule has 2 rings (SSSR count). The zero-order valence-corrected chi connectivity index (χ0v) is 8.66. The second-order valence-corrected chi connectivity index (χ2v) is 3.30. The van der Waals surface area contributed by atoms with Gasteiger partial charge in [0.2, 0.25) is 0 Å². The van der Waals surface area contributed by atoms with Gasteiger partial charge in [0.15, 0.2) is 0 Å². The van der Waals surface area contributed by atoms with Crippen molar-refractivity contribution in [3.8, 4) is 11.3 Å². The fourth-order valence-electron chi connectivity index (χ4n) is 1.49. The van der Waals surface area contributed by atoms with Crippen molar-refractivity contribution in [3.63, 3.8) is 0 Å². The number of aromatic amines is 1. The maximum atomic E-state index is 13.3. The van der Waals surface area contributed by atoms with Crippen molar-refractivity contribution in [2.45, 2.75) is 0 Å². The van der Waals surface area contributed by atoms with Crippen molar-refractivity contribution in [2.24, 2.45) is 0 Å². The minimum atomic E-state index is -0.549. The van der Waals surface area contributed by atoms with Crippen molar-refractivity contribution in [2.75, 3.05) is 7.11 Å². The summed E-state index contributed by atoms with van der Waals surface area (Å²) >= 11 is 0. The quantitative estimate of drug-likeness (QED) is 0.789. The van der Waals surface area contributed by atoms with Crippen molar-refractivity contribution in [1.82, 2.24) is 4.98 Å². The largest absolute Gasteiger partial charge is 0.465 e. The SMILES string of the molecule is COC(=O)c1cc(F)cc(-c2ccc[nH]2)c1. The number of nitrogens with one attached hydrogen (secondary N) is 1. The molecule has 16 heavy (non-hydrogen) atoms. The predicted molar refractivity (Wildman–Crippen MR) is 57.5 cm³/mol. The molecule has 1 heterocycles. The second-order valence-electron chi connectivity index (χ2n) is 3.30. The molecule has 3 nitrogen and oxygen atoms in total. The average Bonchev–Trinajstić information content (AvgIpc) is 2.80. The molecule has 0 aliphatic heterocycles. The number of carbonyl (C=O) groups excluding carboxylic acids is 1. The van der Waals surface area contributed by atoms with Crippen LogP contribution in [-0.2, 0) is 4.74 Å². The molecule has 0 unspecified atom stereocenters. The van der Waals surface area contributed by atoms with E-state index in [0.717, 1.165) is 11.8 Å². The molecule has 1 aromatic carbocycles. The number of rotatable bonds is 2. The van der Waals surface area contributed by atoms with E-state index in [1.807, 2.05) is 0 Å². The van der Waals surface area contributed by atoms with Crippen LogP contribution in [0.3, 0.4) is 0 Å². The number of H-pyrrole nitrogens is 1. The molecule has 0 fully saturated rings. The van der Waals surface area contributed by atoms with E-state index in [1.54, 1.807) is 24.4 Å². The minimum absolute atomic E-state index is 0.201. The second kappa shape index (κ2) is 4.18. The van der Waals surface area contributed by atoms with Crippen LogP contribution >= 0.6 is 0 Å². The Morgan fingerprint density at radius 1 is 1.38 bits per heavy atom. The van der Waals surface area contributed by atoms with Crippen LogP contribution in [0.25, 0.3) is 11.3 Å². The normalized spacial score (nSPS) is 10.1. The van der Waals surface area contributed by atoms with Gasteiger partial charge < -0.3 is 9.72 Å². The number of hydrogen-bond donors (Lipinski definition) is 1. The Balaban J connectivity index is 2.48. The molecular formula is C12H10FNO2. The Hall–Kier alpha value is -2.10. The van der Waals surface area contributed by atoms with E-state index in [2.05, 4.69) is 9.72 Å². The van der Waals surface area contributed by atoms with Gasteiger partial charge in [0.05, 0.1) is 12.7 Å². The van der Waals surface area contributed by atoms with Crippen molar-refractivity contribution >= 4 is 5.97 Å². The van der Waals surface area contributed by atoms with Crippen LogP contribution in [-0.4, -0.2) is 18.1 Å². The molecule has 1 N–H and O–H groups in total. The summed E-state index contributed by atoms with van der Waals surface area (Å²) in [6, 6.07) is 7.70. The highest BCUT2D eigenvalue weighted by Crippen LogP contribution is 2.20. The summed E-state index contributed by atoms with van der Waals surface area (Å²) in [6.07, 6.45) is 1.73. The first-order chi connectivity index (χ1) is 7.70. The van der Waals surface area contributed by atoms with Crippen LogP contribution in [0.4, 0.5) is 4.39 Å². The molecule has 0 spiro atoms. The highest BCUT2D eigenvalue weighted by atomic mass is 19.1. The topological polar surface area (TPSA) is 42.1 Å². The Labute approximate surface area is 91.9 Å². The molecule has 1 aromatic heterocycles. The zero-order chi connectivity index (χ0) is 11.5. The standard InChI is InChI=1S/C12H10FNO2/c1-16-12(15)9-5-8(6-10(13)7-9)11-3-2-4-14-11/h2-7,14H,1H3. The maximum Gasteiger partial charge on any atom is 0.337 e. The van der Waals surface area contributed by atoms with Gasteiger partial charge in [-0.15, -0.1) is 0 Å². The molecular weight excluding hydrogens is 209 g/mol. The van der Waals surface area contributed by atoms with Crippen LogP contribution in [0.2, 0.25) is 0 Å². The number of esters is 1. The lowest BCUT2D eigenvalue weighted by Gasteiger charge is -2.03. The maximum absolute atomic E-state index is 13.3. The fourth-order valence-corrected chi connectivity index (χ4v) is 1.49. The van der Waals surface area contributed by atoms with Crippen molar-refractivity contribution < 1.29 is 13.9 Å². The van der Waals surface area contributed by atoms with Gasteiger partial charge in [-0.3, -0.25) is 0 Å². The third-order valence-electron chi connectivity index (χ3n) is 2.23. The molecule has 0 saturated heterocycles. The third-order valence-corrected chi connectivity index (χ3v) is 2.23. The van der Waals surface area contributed by atoms with E-state index in [9.17, 15) is 9.18 Å². The Morgan fingerprint density at radius 3 is 2.81 bits per heavy atom. The Kier molecular flexibility index (Phi) is 2.72. The van der Waals surface area contributed by atoms with Crippen LogP contribution < -0.4 is 0 Å². The van der Waals surface area contributed by atoms with Gasteiger partial charge in [0, 0.05) is 17.5 Å². The van der Waals surface area contributed by atoms with Crippen LogP contribution in [0.15, 0.2) is 36.5 Å². The van der Waals surface area contributed by atoms with Crippen LogP contribution in [0, 0.1) is 5.82 Å². The number of halogens is 1. The van der Waals surface area contributed by atoms with Crippen LogP contribution in [0.5, 0.6) is 0 Å². The molecule has 0 aliphatic carbocycles. The van der Waals surface area contributed by atoms with Crippen molar-refractivity contribution in [1.29, 1.82) is 0 Å². The molecule has 0 aliphatic rings. The molecule has 0 bridgehead atoms. The van der Waals surface area contributed by atoms with E-state index in [0.29, 0.717) is 5.56 Å². The van der Waals surface area contributed by atoms with Gasteiger partial charge >= 0.3 is 5.97 Å². The van der Waals surface area contributed by atoms with Gasteiger partial charge in [0.25, 0.3) is 0 Å². The molecule has 2 aromatic rings.